The van der Waals surface area contributed by atoms with Crippen molar-refractivity contribution >= 4 is 35.8 Å². The highest BCUT2D eigenvalue weighted by Gasteiger charge is 2.42. The molecule has 3 rings (SSSR count). The van der Waals surface area contributed by atoms with Crippen LogP contribution in [0.1, 0.15) is 44.9 Å². The van der Waals surface area contributed by atoms with E-state index in [1.165, 1.54) is 19.3 Å². The summed E-state index contributed by atoms with van der Waals surface area (Å²) in [6.45, 7) is 2.83. The topological polar surface area (TPSA) is 84.4 Å². The second-order valence-corrected chi connectivity index (χ2v) is 7.87. The lowest BCUT2D eigenvalue weighted by atomic mass is 9.94. The van der Waals surface area contributed by atoms with Crippen LogP contribution in [0.25, 0.3) is 0 Å². The molecule has 9 heteroatoms. The third kappa shape index (κ3) is 7.00. The first kappa shape index (κ1) is 23.6. The van der Waals surface area contributed by atoms with Crippen molar-refractivity contribution in [3.8, 4) is 0 Å². The Labute approximate surface area is 185 Å². The van der Waals surface area contributed by atoms with Crippen molar-refractivity contribution < 1.29 is 19.0 Å². The van der Waals surface area contributed by atoms with E-state index in [-0.39, 0.29) is 54.4 Å². The van der Waals surface area contributed by atoms with Crippen LogP contribution in [0.4, 0.5) is 0 Å². The summed E-state index contributed by atoms with van der Waals surface area (Å²) in [6.07, 6.45) is 7.93. The molecule has 1 saturated carbocycles. The van der Waals surface area contributed by atoms with Gasteiger partial charge in [-0.15, -0.1) is 24.0 Å². The van der Waals surface area contributed by atoms with Crippen LogP contribution in [0.5, 0.6) is 0 Å². The molecule has 8 nitrogen and oxygen atoms in total. The molecule has 2 heterocycles. The fraction of sp³-hybridized carbons (Fsp3) is 0.895. The summed E-state index contributed by atoms with van der Waals surface area (Å²) < 4.78 is 17.9. The molecule has 1 aliphatic carbocycles. The van der Waals surface area contributed by atoms with Crippen molar-refractivity contribution in [3.63, 3.8) is 0 Å². The number of halogens is 1. The fourth-order valence-electron chi connectivity index (χ4n) is 3.76. The molecule has 2 unspecified atom stereocenters. The maximum Gasteiger partial charge on any atom is 0.243 e. The predicted octanol–water partition coefficient (Wildman–Crippen LogP) is 1.48. The van der Waals surface area contributed by atoms with Gasteiger partial charge < -0.3 is 29.7 Å². The van der Waals surface area contributed by atoms with Crippen LogP contribution in [-0.4, -0.2) is 81.7 Å². The van der Waals surface area contributed by atoms with Gasteiger partial charge in [-0.1, -0.05) is 6.42 Å². The molecular formula is C19H35IN4O4. The molecule has 0 aromatic carbocycles. The Bertz CT molecular complexity index is 520. The minimum atomic E-state index is -0.367. The molecule has 28 heavy (non-hydrogen) atoms. The van der Waals surface area contributed by atoms with Crippen LogP contribution in [-0.2, 0) is 19.0 Å². The molecule has 1 amide bonds. The van der Waals surface area contributed by atoms with Crippen LogP contribution in [0.15, 0.2) is 4.99 Å². The highest BCUT2D eigenvalue weighted by atomic mass is 127. The van der Waals surface area contributed by atoms with E-state index in [2.05, 4.69) is 15.6 Å². The summed E-state index contributed by atoms with van der Waals surface area (Å²) in [5.41, 5.74) is 0. The maximum absolute atomic E-state index is 11.9. The number of amides is 1. The summed E-state index contributed by atoms with van der Waals surface area (Å²) in [4.78, 5) is 17.8. The number of carbonyl (C=O) groups is 1. The molecule has 0 radical (unpaired) electrons. The van der Waals surface area contributed by atoms with Crippen LogP contribution in [0.2, 0.25) is 0 Å². The van der Waals surface area contributed by atoms with Gasteiger partial charge in [0.25, 0.3) is 0 Å². The quantitative estimate of drug-likeness (QED) is 0.320. The van der Waals surface area contributed by atoms with Gasteiger partial charge in [0.05, 0.1) is 12.7 Å². The van der Waals surface area contributed by atoms with E-state index in [9.17, 15) is 4.79 Å². The molecule has 2 aliphatic heterocycles. The normalized spacial score (nSPS) is 26.7. The Morgan fingerprint density at radius 1 is 1.11 bits per heavy atom. The number of aliphatic imine (C=N–C) groups is 1. The Kier molecular flexibility index (Phi) is 9.72. The molecule has 3 aliphatic rings. The summed E-state index contributed by atoms with van der Waals surface area (Å²) in [6, 6.07) is 0. The zero-order valence-corrected chi connectivity index (χ0v) is 19.4. The molecule has 0 aromatic heterocycles. The van der Waals surface area contributed by atoms with Gasteiger partial charge in [0.2, 0.25) is 5.91 Å². The average Bonchev–Trinajstić information content (AvgIpc) is 3.32. The lowest BCUT2D eigenvalue weighted by molar-refractivity contribution is -0.186. The van der Waals surface area contributed by atoms with E-state index in [4.69, 9.17) is 14.2 Å². The molecule has 2 atom stereocenters. The predicted molar refractivity (Wildman–Crippen MR) is 118 cm³/mol. The molecule has 2 saturated heterocycles. The van der Waals surface area contributed by atoms with Crippen molar-refractivity contribution in [2.24, 2.45) is 4.99 Å². The van der Waals surface area contributed by atoms with E-state index >= 15 is 0 Å². The van der Waals surface area contributed by atoms with Gasteiger partial charge in [-0.05, 0) is 25.7 Å². The van der Waals surface area contributed by atoms with Gasteiger partial charge in [0, 0.05) is 46.6 Å². The van der Waals surface area contributed by atoms with Crippen LogP contribution < -0.4 is 10.6 Å². The minimum Gasteiger partial charge on any atom is -0.376 e. The number of hydrogen-bond donors (Lipinski definition) is 2. The third-order valence-electron chi connectivity index (χ3n) is 5.42. The number of guanidine groups is 1. The van der Waals surface area contributed by atoms with E-state index < -0.39 is 0 Å². The van der Waals surface area contributed by atoms with Crippen molar-refractivity contribution in [2.45, 2.75) is 62.9 Å². The third-order valence-corrected chi connectivity index (χ3v) is 5.42. The summed E-state index contributed by atoms with van der Waals surface area (Å²) >= 11 is 0. The van der Waals surface area contributed by atoms with E-state index in [0.29, 0.717) is 25.7 Å². The van der Waals surface area contributed by atoms with E-state index in [1.807, 2.05) is 0 Å². The molecule has 1 spiro atoms. The van der Waals surface area contributed by atoms with Crippen LogP contribution in [0.3, 0.4) is 0 Å². The Morgan fingerprint density at radius 2 is 1.82 bits per heavy atom. The molecule has 3 fully saturated rings. The number of carbonyl (C=O) groups excluding carboxylic acids is 1. The van der Waals surface area contributed by atoms with Gasteiger partial charge in [-0.3, -0.25) is 4.79 Å². The molecule has 162 valence electrons. The molecule has 0 bridgehead atoms. The van der Waals surface area contributed by atoms with Crippen molar-refractivity contribution in [3.05, 3.63) is 0 Å². The van der Waals surface area contributed by atoms with Crippen LogP contribution >= 0.6 is 24.0 Å². The van der Waals surface area contributed by atoms with Gasteiger partial charge >= 0.3 is 0 Å². The lowest BCUT2D eigenvalue weighted by Crippen LogP contribution is -2.45. The minimum absolute atomic E-state index is 0. The zero-order chi connectivity index (χ0) is 19.1. The standard InChI is InChI=1S/C19H34N4O4.HI/c1-23(2)17(24)13-22-18(20-11-15-7-6-10-25-15)21-12-16-14-26-19(27-16)8-4-3-5-9-19;/h15-16H,3-14H2,1-2H3,(H2,20,21,22);1H. The number of hydrogen-bond acceptors (Lipinski definition) is 5. The van der Waals surface area contributed by atoms with Gasteiger partial charge in [0.15, 0.2) is 11.7 Å². The second-order valence-electron chi connectivity index (χ2n) is 7.87. The number of nitrogens with one attached hydrogen (secondary N) is 2. The van der Waals surface area contributed by atoms with Crippen molar-refractivity contribution in [1.29, 1.82) is 0 Å². The van der Waals surface area contributed by atoms with Gasteiger partial charge in [-0.25, -0.2) is 4.99 Å². The van der Waals surface area contributed by atoms with Crippen LogP contribution in [0, 0.1) is 0 Å². The molecule has 2 N–H and O–H groups in total. The fourth-order valence-corrected chi connectivity index (χ4v) is 3.76. The smallest absolute Gasteiger partial charge is 0.243 e. The maximum atomic E-state index is 11.9. The summed E-state index contributed by atoms with van der Waals surface area (Å²) in [7, 11) is 3.47. The van der Waals surface area contributed by atoms with E-state index in [1.54, 1.807) is 19.0 Å². The van der Waals surface area contributed by atoms with Crippen molar-refractivity contribution in [1.82, 2.24) is 15.5 Å². The monoisotopic (exact) mass is 510 g/mol. The number of likely N-dealkylation sites (N-methyl/N-ethyl adjacent to an activating group) is 1. The first-order valence-electron chi connectivity index (χ1n) is 10.2. The molecular weight excluding hydrogens is 475 g/mol. The largest absolute Gasteiger partial charge is 0.376 e. The number of rotatable bonds is 6. The second kappa shape index (κ2) is 11.5. The Hall–Kier alpha value is -0.650. The highest BCUT2D eigenvalue weighted by Crippen LogP contribution is 2.37. The zero-order valence-electron chi connectivity index (χ0n) is 17.1. The first-order chi connectivity index (χ1) is 13.1. The number of nitrogens with zero attached hydrogens (tertiary/aromatic N) is 2. The Morgan fingerprint density at radius 3 is 2.46 bits per heavy atom. The van der Waals surface area contributed by atoms with Gasteiger partial charge in [0.1, 0.15) is 12.6 Å². The lowest BCUT2D eigenvalue weighted by Gasteiger charge is -2.31. The van der Waals surface area contributed by atoms with Crippen molar-refractivity contribution in [2.75, 3.05) is 46.9 Å². The average molecular weight is 510 g/mol. The first-order valence-corrected chi connectivity index (χ1v) is 10.2. The summed E-state index contributed by atoms with van der Waals surface area (Å²) in [5.74, 6) is 0.220. The number of ether oxygens (including phenoxy) is 3. The van der Waals surface area contributed by atoms with E-state index in [0.717, 1.165) is 32.3 Å². The molecule has 0 aromatic rings. The highest BCUT2D eigenvalue weighted by molar-refractivity contribution is 14.0. The SMILES string of the molecule is CN(C)C(=O)CN=C(NCC1CCCO1)NCC1COC2(CCCCC2)O1.I. The Balaban J connectivity index is 0.00000280. The summed E-state index contributed by atoms with van der Waals surface area (Å²) in [5, 5.41) is 6.61. The van der Waals surface area contributed by atoms with Gasteiger partial charge in [-0.2, -0.15) is 0 Å².